The van der Waals surface area contributed by atoms with E-state index in [1.807, 2.05) is 23.9 Å². The molecule has 0 spiro atoms. The van der Waals surface area contributed by atoms with Crippen LogP contribution in [0.25, 0.3) is 0 Å². The van der Waals surface area contributed by atoms with Gasteiger partial charge in [0, 0.05) is 18.4 Å². The van der Waals surface area contributed by atoms with Crippen LogP contribution in [0.4, 0.5) is 11.6 Å². The monoisotopic (exact) mass is 248 g/mol. The van der Waals surface area contributed by atoms with Crippen molar-refractivity contribution in [2.75, 3.05) is 18.2 Å². The summed E-state index contributed by atoms with van der Waals surface area (Å²) in [7, 11) is 1.54. The summed E-state index contributed by atoms with van der Waals surface area (Å²) in [5.74, 6) is 1.37. The molecule has 0 saturated carbocycles. The summed E-state index contributed by atoms with van der Waals surface area (Å²) >= 11 is 0. The molecule has 0 aliphatic heterocycles. The Bertz CT molecular complexity index is 498. The molecular weight excluding hydrogens is 232 g/mol. The molecule has 1 atom stereocenters. The highest BCUT2D eigenvalue weighted by Gasteiger charge is 2.12. The summed E-state index contributed by atoms with van der Waals surface area (Å²) < 4.78 is 7.02. The number of anilines is 2. The molecule has 2 heterocycles. The lowest BCUT2D eigenvalue weighted by atomic mass is 10.3. The van der Waals surface area contributed by atoms with E-state index in [4.69, 9.17) is 10.5 Å². The first-order valence-electron chi connectivity index (χ1n) is 5.59. The van der Waals surface area contributed by atoms with Crippen molar-refractivity contribution in [1.29, 1.82) is 0 Å². The zero-order valence-corrected chi connectivity index (χ0v) is 10.4. The van der Waals surface area contributed by atoms with Crippen LogP contribution in [-0.4, -0.2) is 32.9 Å². The maximum Gasteiger partial charge on any atom is 0.203 e. The fourth-order valence-corrected chi connectivity index (χ4v) is 1.66. The average molecular weight is 248 g/mol. The standard InChI is InChI=1S/C11H16N6O/c1-8(6-17-5-3-4-15-17)16-11-9(18-2)10(12)13-7-14-11/h3-5,7-8H,6H2,1-2H3,(H3,12,13,14,16). The second-order valence-corrected chi connectivity index (χ2v) is 3.91. The van der Waals surface area contributed by atoms with Crippen molar-refractivity contribution in [2.45, 2.75) is 19.5 Å². The molecule has 0 aromatic carbocycles. The number of nitrogens with two attached hydrogens (primary N) is 1. The van der Waals surface area contributed by atoms with E-state index < -0.39 is 0 Å². The molecule has 96 valence electrons. The quantitative estimate of drug-likeness (QED) is 0.812. The van der Waals surface area contributed by atoms with Gasteiger partial charge in [-0.25, -0.2) is 9.97 Å². The van der Waals surface area contributed by atoms with E-state index in [-0.39, 0.29) is 6.04 Å². The summed E-state index contributed by atoms with van der Waals surface area (Å²) in [6, 6.07) is 2.02. The van der Waals surface area contributed by atoms with E-state index in [0.29, 0.717) is 17.4 Å². The van der Waals surface area contributed by atoms with Gasteiger partial charge in [0.25, 0.3) is 0 Å². The zero-order valence-electron chi connectivity index (χ0n) is 10.4. The SMILES string of the molecule is COc1c(N)ncnc1NC(C)Cn1cccn1. The van der Waals surface area contributed by atoms with E-state index in [1.54, 1.807) is 13.3 Å². The molecule has 0 radical (unpaired) electrons. The molecule has 18 heavy (non-hydrogen) atoms. The van der Waals surface area contributed by atoms with Crippen LogP contribution in [0.1, 0.15) is 6.92 Å². The van der Waals surface area contributed by atoms with Crippen LogP contribution < -0.4 is 15.8 Å². The van der Waals surface area contributed by atoms with E-state index in [0.717, 1.165) is 6.54 Å². The predicted octanol–water partition coefficient (Wildman–Crippen LogP) is 0.764. The van der Waals surface area contributed by atoms with Crippen molar-refractivity contribution in [3.05, 3.63) is 24.8 Å². The summed E-state index contributed by atoms with van der Waals surface area (Å²) in [6.07, 6.45) is 5.06. The Morgan fingerprint density at radius 2 is 2.33 bits per heavy atom. The van der Waals surface area contributed by atoms with Crippen LogP contribution in [0.3, 0.4) is 0 Å². The summed E-state index contributed by atoms with van der Waals surface area (Å²) in [4.78, 5) is 8.00. The van der Waals surface area contributed by atoms with Crippen molar-refractivity contribution in [3.8, 4) is 5.75 Å². The van der Waals surface area contributed by atoms with Crippen molar-refractivity contribution < 1.29 is 4.74 Å². The van der Waals surface area contributed by atoms with E-state index >= 15 is 0 Å². The van der Waals surface area contributed by atoms with Gasteiger partial charge < -0.3 is 15.8 Å². The molecule has 2 rings (SSSR count). The Kier molecular flexibility index (Phi) is 3.61. The van der Waals surface area contributed by atoms with Gasteiger partial charge in [-0.15, -0.1) is 0 Å². The number of nitrogen functional groups attached to an aromatic ring is 1. The Morgan fingerprint density at radius 1 is 1.50 bits per heavy atom. The molecule has 0 aliphatic rings. The fraction of sp³-hybridized carbons (Fsp3) is 0.364. The molecule has 1 unspecified atom stereocenters. The molecule has 3 N–H and O–H groups in total. The molecule has 0 aliphatic carbocycles. The third-order valence-corrected chi connectivity index (χ3v) is 2.44. The van der Waals surface area contributed by atoms with E-state index in [9.17, 15) is 0 Å². The molecule has 2 aromatic rings. The number of methoxy groups -OCH3 is 1. The number of ether oxygens (including phenoxy) is 1. The Labute approximate surface area is 105 Å². The number of hydrogen-bond donors (Lipinski definition) is 2. The van der Waals surface area contributed by atoms with Gasteiger partial charge in [-0.1, -0.05) is 0 Å². The molecule has 7 heteroatoms. The highest BCUT2D eigenvalue weighted by atomic mass is 16.5. The third kappa shape index (κ3) is 2.68. The Balaban J connectivity index is 2.07. The van der Waals surface area contributed by atoms with Crippen molar-refractivity contribution in [1.82, 2.24) is 19.7 Å². The zero-order chi connectivity index (χ0) is 13.0. The average Bonchev–Trinajstić information content (AvgIpc) is 2.82. The van der Waals surface area contributed by atoms with Crippen LogP contribution in [-0.2, 0) is 6.54 Å². The minimum atomic E-state index is 0.132. The topological polar surface area (TPSA) is 90.9 Å². The number of aromatic nitrogens is 4. The van der Waals surface area contributed by atoms with Crippen LogP contribution in [0.2, 0.25) is 0 Å². The van der Waals surface area contributed by atoms with E-state index in [2.05, 4.69) is 20.4 Å². The van der Waals surface area contributed by atoms with Crippen LogP contribution >= 0.6 is 0 Å². The largest absolute Gasteiger partial charge is 0.490 e. The normalized spacial score (nSPS) is 12.1. The van der Waals surface area contributed by atoms with Crippen molar-refractivity contribution in [3.63, 3.8) is 0 Å². The van der Waals surface area contributed by atoms with Gasteiger partial charge in [-0.3, -0.25) is 4.68 Å². The summed E-state index contributed by atoms with van der Waals surface area (Å²) in [5.41, 5.74) is 5.71. The van der Waals surface area contributed by atoms with Crippen LogP contribution in [0, 0.1) is 0 Å². The molecule has 2 aromatic heterocycles. The molecule has 0 fully saturated rings. The van der Waals surface area contributed by atoms with Gasteiger partial charge in [0.15, 0.2) is 11.6 Å². The summed E-state index contributed by atoms with van der Waals surface area (Å²) in [6.45, 7) is 2.75. The second kappa shape index (κ2) is 5.35. The lowest BCUT2D eigenvalue weighted by Crippen LogP contribution is -2.23. The van der Waals surface area contributed by atoms with Gasteiger partial charge in [-0.2, -0.15) is 5.10 Å². The maximum atomic E-state index is 5.71. The minimum absolute atomic E-state index is 0.132. The molecule has 0 bridgehead atoms. The van der Waals surface area contributed by atoms with Gasteiger partial charge >= 0.3 is 0 Å². The number of nitrogens with one attached hydrogen (secondary N) is 1. The van der Waals surface area contributed by atoms with Gasteiger partial charge in [0.1, 0.15) is 6.33 Å². The summed E-state index contributed by atoms with van der Waals surface area (Å²) in [5, 5.41) is 7.37. The lowest BCUT2D eigenvalue weighted by molar-refractivity contribution is 0.414. The fourth-order valence-electron chi connectivity index (χ4n) is 1.66. The van der Waals surface area contributed by atoms with E-state index in [1.165, 1.54) is 6.33 Å². The smallest absolute Gasteiger partial charge is 0.203 e. The molecular formula is C11H16N6O. The molecule has 0 amide bonds. The number of hydrogen-bond acceptors (Lipinski definition) is 6. The highest BCUT2D eigenvalue weighted by Crippen LogP contribution is 2.26. The Morgan fingerprint density at radius 3 is 3.00 bits per heavy atom. The lowest BCUT2D eigenvalue weighted by Gasteiger charge is -2.16. The van der Waals surface area contributed by atoms with Crippen molar-refractivity contribution >= 4 is 11.6 Å². The van der Waals surface area contributed by atoms with Gasteiger partial charge in [0.05, 0.1) is 13.7 Å². The number of rotatable bonds is 5. The third-order valence-electron chi connectivity index (χ3n) is 2.44. The molecule has 0 saturated heterocycles. The number of nitrogens with zero attached hydrogens (tertiary/aromatic N) is 4. The van der Waals surface area contributed by atoms with Crippen LogP contribution in [0.5, 0.6) is 5.75 Å². The van der Waals surface area contributed by atoms with Crippen LogP contribution in [0.15, 0.2) is 24.8 Å². The highest BCUT2D eigenvalue weighted by molar-refractivity contribution is 5.61. The minimum Gasteiger partial charge on any atom is -0.490 e. The first-order valence-corrected chi connectivity index (χ1v) is 5.59. The van der Waals surface area contributed by atoms with Gasteiger partial charge in [0.2, 0.25) is 5.75 Å². The first-order chi connectivity index (χ1) is 8.70. The first kappa shape index (κ1) is 12.2. The van der Waals surface area contributed by atoms with Gasteiger partial charge in [-0.05, 0) is 13.0 Å². The Hall–Kier alpha value is -2.31. The predicted molar refractivity (Wildman–Crippen MR) is 68.3 cm³/mol. The maximum absolute atomic E-state index is 5.71. The second-order valence-electron chi connectivity index (χ2n) is 3.91. The van der Waals surface area contributed by atoms with Crippen molar-refractivity contribution in [2.24, 2.45) is 0 Å². The molecule has 7 nitrogen and oxygen atoms in total.